The van der Waals surface area contributed by atoms with E-state index in [1.807, 2.05) is 12.1 Å². The first-order valence-electron chi connectivity index (χ1n) is 5.82. The van der Waals surface area contributed by atoms with Gasteiger partial charge in [-0.15, -0.1) is 0 Å². The van der Waals surface area contributed by atoms with E-state index in [9.17, 15) is 0 Å². The van der Waals surface area contributed by atoms with Gasteiger partial charge in [-0.05, 0) is 25.0 Å². The van der Waals surface area contributed by atoms with Crippen molar-refractivity contribution in [2.24, 2.45) is 0 Å². The van der Waals surface area contributed by atoms with E-state index in [-0.39, 0.29) is 5.95 Å². The molecule has 0 saturated carbocycles. The van der Waals surface area contributed by atoms with Gasteiger partial charge < -0.3 is 16.4 Å². The molecule has 1 aromatic carbocycles. The summed E-state index contributed by atoms with van der Waals surface area (Å²) < 4.78 is 0. The maximum absolute atomic E-state index is 5.97. The van der Waals surface area contributed by atoms with Gasteiger partial charge in [-0.25, -0.2) is 4.98 Å². The summed E-state index contributed by atoms with van der Waals surface area (Å²) in [5, 5.41) is 0.920. The number of benzene rings is 1. The van der Waals surface area contributed by atoms with Crippen LogP contribution in [-0.4, -0.2) is 23.1 Å². The van der Waals surface area contributed by atoms with Crippen LogP contribution >= 0.6 is 0 Å². The van der Waals surface area contributed by atoms with Crippen molar-refractivity contribution in [2.75, 3.05) is 29.5 Å². The number of anilines is 3. The van der Waals surface area contributed by atoms with Crippen molar-refractivity contribution in [1.29, 1.82) is 0 Å². The zero-order valence-corrected chi connectivity index (χ0v) is 9.56. The minimum absolute atomic E-state index is 0.230. The Kier molecular flexibility index (Phi) is 2.24. The third-order valence-corrected chi connectivity index (χ3v) is 3.19. The molecule has 5 heteroatoms. The zero-order chi connectivity index (χ0) is 11.8. The highest BCUT2D eigenvalue weighted by Gasteiger charge is 2.17. The molecule has 0 radical (unpaired) electrons. The third-order valence-electron chi connectivity index (χ3n) is 3.19. The van der Waals surface area contributed by atoms with Crippen LogP contribution in [0.1, 0.15) is 12.8 Å². The quantitative estimate of drug-likeness (QED) is 0.772. The Morgan fingerprint density at radius 3 is 2.59 bits per heavy atom. The van der Waals surface area contributed by atoms with Gasteiger partial charge >= 0.3 is 0 Å². The van der Waals surface area contributed by atoms with Gasteiger partial charge in [-0.2, -0.15) is 4.98 Å². The fourth-order valence-electron chi connectivity index (χ4n) is 2.43. The Hall–Kier alpha value is -2.04. The molecular formula is C12H15N5. The van der Waals surface area contributed by atoms with E-state index in [2.05, 4.69) is 20.9 Å². The summed E-state index contributed by atoms with van der Waals surface area (Å²) in [7, 11) is 0. The molecule has 0 amide bonds. The van der Waals surface area contributed by atoms with Crippen LogP contribution in [0.2, 0.25) is 0 Å². The van der Waals surface area contributed by atoms with E-state index in [0.717, 1.165) is 29.7 Å². The molecule has 1 aliphatic heterocycles. The fraction of sp³-hybridized carbons (Fsp3) is 0.333. The Balaban J connectivity index is 2.24. The third kappa shape index (κ3) is 1.63. The van der Waals surface area contributed by atoms with Gasteiger partial charge in [0.05, 0.1) is 10.9 Å². The average Bonchev–Trinajstić information content (AvgIpc) is 2.80. The van der Waals surface area contributed by atoms with Crippen molar-refractivity contribution in [3.8, 4) is 0 Å². The first-order chi connectivity index (χ1) is 8.25. The summed E-state index contributed by atoms with van der Waals surface area (Å²) in [6.45, 7) is 2.14. The van der Waals surface area contributed by atoms with Crippen LogP contribution in [-0.2, 0) is 0 Å². The van der Waals surface area contributed by atoms with Crippen molar-refractivity contribution in [3.05, 3.63) is 18.2 Å². The van der Waals surface area contributed by atoms with Crippen LogP contribution < -0.4 is 16.4 Å². The molecule has 3 rings (SSSR count). The van der Waals surface area contributed by atoms with Crippen molar-refractivity contribution in [1.82, 2.24) is 9.97 Å². The molecule has 0 spiro atoms. The second-order valence-electron chi connectivity index (χ2n) is 4.33. The lowest BCUT2D eigenvalue weighted by molar-refractivity contribution is 0.949. The molecule has 1 saturated heterocycles. The Bertz CT molecular complexity index is 560. The molecule has 0 aliphatic carbocycles. The van der Waals surface area contributed by atoms with Crippen LogP contribution in [0.25, 0.3) is 10.9 Å². The number of fused-ring (bicyclic) bond motifs is 1. The average molecular weight is 229 g/mol. The second kappa shape index (κ2) is 3.76. The Morgan fingerprint density at radius 2 is 1.82 bits per heavy atom. The van der Waals surface area contributed by atoms with Gasteiger partial charge in [0.15, 0.2) is 0 Å². The maximum Gasteiger partial charge on any atom is 0.222 e. The molecule has 1 aromatic heterocycles. The Morgan fingerprint density at radius 1 is 1.06 bits per heavy atom. The molecule has 0 unspecified atom stereocenters. The maximum atomic E-state index is 5.97. The van der Waals surface area contributed by atoms with E-state index in [4.69, 9.17) is 11.5 Å². The van der Waals surface area contributed by atoms with E-state index in [1.165, 1.54) is 12.8 Å². The van der Waals surface area contributed by atoms with Crippen LogP contribution in [0.15, 0.2) is 18.2 Å². The number of nitrogens with zero attached hydrogens (tertiary/aromatic N) is 3. The molecule has 88 valence electrons. The summed E-state index contributed by atoms with van der Waals surface area (Å²) in [5.41, 5.74) is 13.5. The highest BCUT2D eigenvalue weighted by atomic mass is 15.2. The van der Waals surface area contributed by atoms with Crippen molar-refractivity contribution in [3.63, 3.8) is 0 Å². The topological polar surface area (TPSA) is 81.1 Å². The molecular weight excluding hydrogens is 214 g/mol. The van der Waals surface area contributed by atoms with Crippen LogP contribution in [0.5, 0.6) is 0 Å². The van der Waals surface area contributed by atoms with Crippen LogP contribution in [0, 0.1) is 0 Å². The lowest BCUT2D eigenvalue weighted by atomic mass is 10.2. The summed E-state index contributed by atoms with van der Waals surface area (Å²) in [5.74, 6) is 0.698. The summed E-state index contributed by atoms with van der Waals surface area (Å²) >= 11 is 0. The van der Waals surface area contributed by atoms with Crippen LogP contribution in [0.3, 0.4) is 0 Å². The number of hydrogen-bond acceptors (Lipinski definition) is 5. The predicted octanol–water partition coefficient (Wildman–Crippen LogP) is 1.39. The van der Waals surface area contributed by atoms with E-state index < -0.39 is 0 Å². The molecule has 4 N–H and O–H groups in total. The number of nitrogen functional groups attached to an aromatic ring is 2. The summed E-state index contributed by atoms with van der Waals surface area (Å²) in [4.78, 5) is 10.6. The Labute approximate surface area is 99.4 Å². The number of nitrogens with two attached hydrogens (primary N) is 2. The first-order valence-corrected chi connectivity index (χ1v) is 5.82. The lowest BCUT2D eigenvalue weighted by Gasteiger charge is -2.20. The van der Waals surface area contributed by atoms with Gasteiger partial charge in [0.2, 0.25) is 5.95 Å². The number of hydrogen-bond donors (Lipinski definition) is 2. The summed E-state index contributed by atoms with van der Waals surface area (Å²) in [6, 6.07) is 5.98. The minimum Gasteiger partial charge on any atom is -0.383 e. The number of rotatable bonds is 1. The van der Waals surface area contributed by atoms with Crippen molar-refractivity contribution in [2.45, 2.75) is 12.8 Å². The number of aromatic nitrogens is 2. The second-order valence-corrected chi connectivity index (χ2v) is 4.33. The fourth-order valence-corrected chi connectivity index (χ4v) is 2.43. The molecule has 5 nitrogen and oxygen atoms in total. The van der Waals surface area contributed by atoms with Crippen molar-refractivity contribution < 1.29 is 0 Å². The van der Waals surface area contributed by atoms with Gasteiger partial charge in [-0.3, -0.25) is 0 Å². The predicted molar refractivity (Wildman–Crippen MR) is 69.8 cm³/mol. The minimum atomic E-state index is 0.230. The zero-order valence-electron chi connectivity index (χ0n) is 9.56. The highest BCUT2D eigenvalue weighted by molar-refractivity contribution is 5.99. The molecule has 2 aromatic rings. The molecule has 17 heavy (non-hydrogen) atoms. The smallest absolute Gasteiger partial charge is 0.222 e. The molecule has 1 aliphatic rings. The molecule has 2 heterocycles. The lowest BCUT2D eigenvalue weighted by Crippen LogP contribution is -2.18. The van der Waals surface area contributed by atoms with Gasteiger partial charge in [-0.1, -0.05) is 6.07 Å². The van der Waals surface area contributed by atoms with E-state index >= 15 is 0 Å². The van der Waals surface area contributed by atoms with Crippen molar-refractivity contribution >= 4 is 28.4 Å². The van der Waals surface area contributed by atoms with Gasteiger partial charge in [0, 0.05) is 18.8 Å². The van der Waals surface area contributed by atoms with E-state index in [0.29, 0.717) is 5.82 Å². The molecule has 0 atom stereocenters. The largest absolute Gasteiger partial charge is 0.383 e. The van der Waals surface area contributed by atoms with E-state index in [1.54, 1.807) is 0 Å². The molecule has 1 fully saturated rings. The first kappa shape index (κ1) is 10.1. The summed E-state index contributed by atoms with van der Waals surface area (Å²) in [6.07, 6.45) is 2.46. The monoisotopic (exact) mass is 229 g/mol. The van der Waals surface area contributed by atoms with Gasteiger partial charge in [0.25, 0.3) is 0 Å². The normalized spacial score (nSPS) is 15.6. The standard InChI is InChI=1S/C12H15N5/c13-11-10-8(15-12(14)16-11)4-3-5-9(10)17-6-1-2-7-17/h3-5H,1-2,6-7H2,(H4,13,14,15,16). The van der Waals surface area contributed by atoms with Crippen LogP contribution in [0.4, 0.5) is 17.5 Å². The highest BCUT2D eigenvalue weighted by Crippen LogP contribution is 2.31. The van der Waals surface area contributed by atoms with Gasteiger partial charge in [0.1, 0.15) is 5.82 Å². The SMILES string of the molecule is Nc1nc(N)c2c(N3CCCC3)cccc2n1. The molecule has 0 bridgehead atoms.